The van der Waals surface area contributed by atoms with Crippen LogP contribution in [0.15, 0.2) is 5.16 Å². The maximum atomic E-state index is 11.4. The van der Waals surface area contributed by atoms with Gasteiger partial charge in [-0.25, -0.2) is 0 Å². The Kier molecular flexibility index (Phi) is 5.85. The topological polar surface area (TPSA) is 66.2 Å². The van der Waals surface area contributed by atoms with Crippen molar-refractivity contribution in [3.8, 4) is 0 Å². The summed E-state index contributed by atoms with van der Waals surface area (Å²) in [6.45, 7) is 5.86. The van der Waals surface area contributed by atoms with Gasteiger partial charge in [0.2, 0.25) is 0 Å². The van der Waals surface area contributed by atoms with Gasteiger partial charge in [-0.05, 0) is 19.8 Å². The molecule has 1 aliphatic rings. The molecule has 0 spiro atoms. The van der Waals surface area contributed by atoms with Gasteiger partial charge in [-0.2, -0.15) is 0 Å². The third-order valence-electron chi connectivity index (χ3n) is 3.14. The Labute approximate surface area is 123 Å². The SMILES string of the molecule is CCOC(=O)CSc1nnc(CC)n1C[C@H]1CCCO1. The molecule has 0 aromatic carbocycles. The van der Waals surface area contributed by atoms with E-state index in [4.69, 9.17) is 9.47 Å². The zero-order valence-corrected chi connectivity index (χ0v) is 12.8. The van der Waals surface area contributed by atoms with Gasteiger partial charge in [0.1, 0.15) is 5.82 Å². The molecule has 2 heterocycles. The maximum absolute atomic E-state index is 11.4. The number of thioether (sulfide) groups is 1. The molecule has 1 aromatic rings. The van der Waals surface area contributed by atoms with Crippen molar-refractivity contribution in [2.75, 3.05) is 19.0 Å². The fourth-order valence-electron chi connectivity index (χ4n) is 2.19. The van der Waals surface area contributed by atoms with Crippen molar-refractivity contribution in [3.05, 3.63) is 5.82 Å². The normalized spacial score (nSPS) is 18.4. The van der Waals surface area contributed by atoms with Crippen LogP contribution in [0.2, 0.25) is 0 Å². The smallest absolute Gasteiger partial charge is 0.316 e. The number of aromatic nitrogens is 3. The van der Waals surface area contributed by atoms with E-state index in [-0.39, 0.29) is 17.8 Å². The molecule has 1 fully saturated rings. The number of hydrogen-bond acceptors (Lipinski definition) is 6. The van der Waals surface area contributed by atoms with E-state index in [1.807, 2.05) is 0 Å². The zero-order chi connectivity index (χ0) is 14.4. The maximum Gasteiger partial charge on any atom is 0.316 e. The van der Waals surface area contributed by atoms with Crippen LogP contribution < -0.4 is 0 Å². The number of rotatable bonds is 7. The van der Waals surface area contributed by atoms with Crippen molar-refractivity contribution >= 4 is 17.7 Å². The molecule has 1 saturated heterocycles. The molecule has 1 aliphatic heterocycles. The van der Waals surface area contributed by atoms with E-state index in [9.17, 15) is 4.79 Å². The summed E-state index contributed by atoms with van der Waals surface area (Å²) >= 11 is 1.37. The van der Waals surface area contributed by atoms with Crippen LogP contribution in [0.25, 0.3) is 0 Å². The molecule has 1 aromatic heterocycles. The highest BCUT2D eigenvalue weighted by Gasteiger charge is 2.20. The molecule has 0 amide bonds. The molecular formula is C13H21N3O3S. The van der Waals surface area contributed by atoms with Crippen LogP contribution in [0, 0.1) is 0 Å². The molecule has 0 unspecified atom stereocenters. The Morgan fingerprint density at radius 1 is 1.50 bits per heavy atom. The molecule has 0 N–H and O–H groups in total. The minimum Gasteiger partial charge on any atom is -0.465 e. The van der Waals surface area contributed by atoms with Crippen LogP contribution in [0.5, 0.6) is 0 Å². The van der Waals surface area contributed by atoms with Gasteiger partial charge in [-0.15, -0.1) is 10.2 Å². The highest BCUT2D eigenvalue weighted by atomic mass is 32.2. The van der Waals surface area contributed by atoms with Gasteiger partial charge in [0.15, 0.2) is 5.16 Å². The van der Waals surface area contributed by atoms with Crippen molar-refractivity contribution in [1.29, 1.82) is 0 Å². The number of nitrogens with zero attached hydrogens (tertiary/aromatic N) is 3. The fraction of sp³-hybridized carbons (Fsp3) is 0.769. The first kappa shape index (κ1) is 15.3. The average molecular weight is 299 g/mol. The monoisotopic (exact) mass is 299 g/mol. The predicted molar refractivity (Wildman–Crippen MR) is 75.7 cm³/mol. The summed E-state index contributed by atoms with van der Waals surface area (Å²) in [7, 11) is 0. The quantitative estimate of drug-likeness (QED) is 0.564. The number of aryl methyl sites for hydroxylation is 1. The first-order valence-corrected chi connectivity index (χ1v) is 8.05. The summed E-state index contributed by atoms with van der Waals surface area (Å²) in [5.41, 5.74) is 0. The first-order chi connectivity index (χ1) is 9.74. The highest BCUT2D eigenvalue weighted by molar-refractivity contribution is 7.99. The second kappa shape index (κ2) is 7.64. The van der Waals surface area contributed by atoms with E-state index in [1.165, 1.54) is 11.8 Å². The molecule has 0 bridgehead atoms. The van der Waals surface area contributed by atoms with Gasteiger partial charge in [-0.1, -0.05) is 18.7 Å². The number of ether oxygens (including phenoxy) is 2. The van der Waals surface area contributed by atoms with Gasteiger partial charge < -0.3 is 14.0 Å². The van der Waals surface area contributed by atoms with Crippen LogP contribution in [0.4, 0.5) is 0 Å². The van der Waals surface area contributed by atoms with Gasteiger partial charge in [0.25, 0.3) is 0 Å². The second-order valence-electron chi connectivity index (χ2n) is 4.59. The molecule has 1 atom stereocenters. The lowest BCUT2D eigenvalue weighted by molar-refractivity contribution is -0.139. The Morgan fingerprint density at radius 3 is 3.00 bits per heavy atom. The minimum atomic E-state index is -0.220. The highest BCUT2D eigenvalue weighted by Crippen LogP contribution is 2.21. The molecule has 7 heteroatoms. The minimum absolute atomic E-state index is 0.220. The Balaban J connectivity index is 2.00. The number of carbonyl (C=O) groups is 1. The lowest BCUT2D eigenvalue weighted by Gasteiger charge is -2.13. The third kappa shape index (κ3) is 3.96. The summed E-state index contributed by atoms with van der Waals surface area (Å²) in [6, 6.07) is 0. The van der Waals surface area contributed by atoms with Crippen LogP contribution in [-0.4, -0.2) is 45.8 Å². The van der Waals surface area contributed by atoms with Crippen molar-refractivity contribution < 1.29 is 14.3 Å². The number of hydrogen-bond donors (Lipinski definition) is 0. The lowest BCUT2D eigenvalue weighted by atomic mass is 10.2. The molecule has 0 aliphatic carbocycles. The van der Waals surface area contributed by atoms with Crippen molar-refractivity contribution in [2.45, 2.75) is 50.9 Å². The van der Waals surface area contributed by atoms with E-state index >= 15 is 0 Å². The van der Waals surface area contributed by atoms with E-state index in [1.54, 1.807) is 6.92 Å². The average Bonchev–Trinajstić information content (AvgIpc) is 3.07. The second-order valence-corrected chi connectivity index (χ2v) is 5.53. The molecule has 6 nitrogen and oxygen atoms in total. The third-order valence-corrected chi connectivity index (χ3v) is 4.08. The molecule has 112 valence electrons. The lowest BCUT2D eigenvalue weighted by Crippen LogP contribution is -2.18. The van der Waals surface area contributed by atoms with Crippen molar-refractivity contribution in [2.24, 2.45) is 0 Å². The van der Waals surface area contributed by atoms with Crippen molar-refractivity contribution in [3.63, 3.8) is 0 Å². The molecule has 2 rings (SSSR count). The van der Waals surface area contributed by atoms with Crippen molar-refractivity contribution in [1.82, 2.24) is 14.8 Å². The van der Waals surface area contributed by atoms with Crippen LogP contribution in [0.1, 0.15) is 32.5 Å². The van der Waals surface area contributed by atoms with E-state index in [2.05, 4.69) is 21.7 Å². The Bertz CT molecular complexity index is 444. The van der Waals surface area contributed by atoms with Gasteiger partial charge in [-0.3, -0.25) is 4.79 Å². The standard InChI is InChI=1S/C13H21N3O3S/c1-3-11-14-15-13(20-9-12(17)18-4-2)16(11)8-10-6-5-7-19-10/h10H,3-9H2,1-2H3/t10-/m1/s1. The molecule has 0 saturated carbocycles. The molecular weight excluding hydrogens is 278 g/mol. The van der Waals surface area contributed by atoms with Crippen LogP contribution in [0.3, 0.4) is 0 Å². The number of esters is 1. The van der Waals surface area contributed by atoms with E-state index < -0.39 is 0 Å². The largest absolute Gasteiger partial charge is 0.465 e. The van der Waals surface area contributed by atoms with E-state index in [0.29, 0.717) is 6.61 Å². The summed E-state index contributed by atoms with van der Waals surface area (Å²) in [5.74, 6) is 0.982. The van der Waals surface area contributed by atoms with E-state index in [0.717, 1.165) is 43.4 Å². The first-order valence-electron chi connectivity index (χ1n) is 7.06. The zero-order valence-electron chi connectivity index (χ0n) is 12.0. The molecule has 0 radical (unpaired) electrons. The van der Waals surface area contributed by atoms with Crippen LogP contribution in [-0.2, 0) is 27.2 Å². The van der Waals surface area contributed by atoms with Gasteiger partial charge >= 0.3 is 5.97 Å². The predicted octanol–water partition coefficient (Wildman–Crippen LogP) is 1.67. The fourth-order valence-corrected chi connectivity index (χ4v) is 2.95. The van der Waals surface area contributed by atoms with Gasteiger partial charge in [0.05, 0.1) is 25.0 Å². The van der Waals surface area contributed by atoms with Gasteiger partial charge in [0, 0.05) is 13.0 Å². The summed E-state index contributed by atoms with van der Waals surface area (Å²) in [5, 5.41) is 9.13. The van der Waals surface area contributed by atoms with Crippen LogP contribution >= 0.6 is 11.8 Å². The number of carbonyl (C=O) groups excluding carboxylic acids is 1. The molecule has 20 heavy (non-hydrogen) atoms. The summed E-state index contributed by atoms with van der Waals surface area (Å²) in [6.07, 6.45) is 3.24. The Morgan fingerprint density at radius 2 is 2.35 bits per heavy atom. The summed E-state index contributed by atoms with van der Waals surface area (Å²) in [4.78, 5) is 11.4. The Hall–Kier alpha value is -1.08. The summed E-state index contributed by atoms with van der Waals surface area (Å²) < 4.78 is 12.7.